The van der Waals surface area contributed by atoms with Gasteiger partial charge < -0.3 is 43.6 Å². The summed E-state index contributed by atoms with van der Waals surface area (Å²) in [6, 6.07) is -2.33. The van der Waals surface area contributed by atoms with Gasteiger partial charge in [0.05, 0.1) is 0 Å². The Bertz CT molecular complexity index is 1090. The van der Waals surface area contributed by atoms with Crippen LogP contribution in [0.25, 0.3) is 0 Å². The van der Waals surface area contributed by atoms with Crippen molar-refractivity contribution >= 4 is 35.5 Å². The lowest BCUT2D eigenvalue weighted by atomic mass is 10.0. The molecule has 39 heavy (non-hydrogen) atoms. The maximum absolute atomic E-state index is 13.8. The molecule has 1 aromatic rings. The number of aromatic hydroxyl groups is 1. The summed E-state index contributed by atoms with van der Waals surface area (Å²) in [5.74, 6) is -7.85. The fraction of sp³-hybridized carbons (Fsp3) is 0.478. The summed E-state index contributed by atoms with van der Waals surface area (Å²) in [6.07, 6.45) is -0.602. The number of nitrogens with zero attached hydrogens (tertiary/aromatic N) is 2. The van der Waals surface area contributed by atoms with E-state index in [1.165, 1.54) is 7.05 Å². The predicted molar refractivity (Wildman–Crippen MR) is 135 cm³/mol. The first-order valence-corrected chi connectivity index (χ1v) is 11.8. The number of hydrogen-bond donors (Lipinski definition) is 7. The molecule has 11 N–H and O–H groups in total. The second kappa shape index (κ2) is 15.0. The SMILES string of the molecule is CC(=O)N[C@@H](CCC(N)=O)C(=O)N(C)[C@@H](CCCN=C(N)N)C(=O)N[C@@H](Cc1cc(F)c(O)c(F)c1)C(N)=O. The van der Waals surface area contributed by atoms with E-state index >= 15 is 0 Å². The van der Waals surface area contributed by atoms with Crippen LogP contribution >= 0.6 is 0 Å². The van der Waals surface area contributed by atoms with E-state index in [1.807, 2.05) is 0 Å². The number of aliphatic imine (C=N–C) groups is 1. The first kappa shape index (κ1) is 32.5. The van der Waals surface area contributed by atoms with Crippen LogP contribution in [0, 0.1) is 11.6 Å². The van der Waals surface area contributed by atoms with Gasteiger partial charge in [0.2, 0.25) is 29.5 Å². The molecule has 0 aliphatic carbocycles. The quantitative estimate of drug-likeness (QED) is 0.0709. The van der Waals surface area contributed by atoms with Crippen molar-refractivity contribution in [1.82, 2.24) is 15.5 Å². The average molecular weight is 557 g/mol. The van der Waals surface area contributed by atoms with Gasteiger partial charge in [-0.25, -0.2) is 8.78 Å². The Morgan fingerprint density at radius 2 is 1.59 bits per heavy atom. The molecule has 0 spiro atoms. The average Bonchev–Trinajstić information content (AvgIpc) is 2.83. The van der Waals surface area contributed by atoms with Gasteiger partial charge in [-0.15, -0.1) is 0 Å². The van der Waals surface area contributed by atoms with Crippen LogP contribution < -0.4 is 33.6 Å². The zero-order valence-electron chi connectivity index (χ0n) is 21.6. The van der Waals surface area contributed by atoms with Gasteiger partial charge in [0.25, 0.3) is 0 Å². The number of amides is 5. The van der Waals surface area contributed by atoms with Crippen molar-refractivity contribution in [2.24, 2.45) is 27.9 Å². The number of hydrogen-bond acceptors (Lipinski definition) is 7. The molecule has 0 aliphatic rings. The van der Waals surface area contributed by atoms with Crippen molar-refractivity contribution in [2.75, 3.05) is 13.6 Å². The Morgan fingerprint density at radius 3 is 2.08 bits per heavy atom. The number of benzene rings is 1. The van der Waals surface area contributed by atoms with Crippen LogP contribution in [0.5, 0.6) is 5.75 Å². The summed E-state index contributed by atoms with van der Waals surface area (Å²) in [5.41, 5.74) is 21.1. The number of nitrogens with two attached hydrogens (primary N) is 4. The van der Waals surface area contributed by atoms with E-state index in [-0.39, 0.29) is 43.8 Å². The van der Waals surface area contributed by atoms with E-state index < -0.39 is 71.5 Å². The number of phenols is 1. The zero-order valence-corrected chi connectivity index (χ0v) is 21.6. The van der Waals surface area contributed by atoms with Gasteiger partial charge in [-0.2, -0.15) is 0 Å². The molecule has 0 heterocycles. The van der Waals surface area contributed by atoms with Gasteiger partial charge in [-0.05, 0) is 37.0 Å². The third kappa shape index (κ3) is 10.8. The monoisotopic (exact) mass is 556 g/mol. The summed E-state index contributed by atoms with van der Waals surface area (Å²) in [4.78, 5) is 66.2. The van der Waals surface area contributed by atoms with Crippen LogP contribution in [0.1, 0.15) is 38.2 Å². The Morgan fingerprint density at radius 1 is 1.00 bits per heavy atom. The number of guanidine groups is 1. The van der Waals surface area contributed by atoms with Crippen molar-refractivity contribution < 1.29 is 37.9 Å². The first-order chi connectivity index (χ1) is 18.1. The normalized spacial score (nSPS) is 12.9. The van der Waals surface area contributed by atoms with Crippen molar-refractivity contribution in [3.8, 4) is 5.75 Å². The molecule has 0 unspecified atom stereocenters. The molecular weight excluding hydrogens is 522 g/mol. The van der Waals surface area contributed by atoms with E-state index in [0.717, 1.165) is 24.0 Å². The summed E-state index contributed by atoms with van der Waals surface area (Å²) in [5, 5.41) is 14.1. The van der Waals surface area contributed by atoms with Gasteiger partial charge in [-0.3, -0.25) is 29.0 Å². The highest BCUT2D eigenvalue weighted by Crippen LogP contribution is 2.22. The number of rotatable bonds is 15. The van der Waals surface area contributed by atoms with Gasteiger partial charge >= 0.3 is 0 Å². The standard InChI is InChI=1S/C23H34F2N8O6/c1-11(34)31-15(5-6-18(26)35)22(39)33(2)17(4-3-7-30-23(28)29)21(38)32-16(20(27)37)10-12-8-13(24)19(36)14(25)9-12/h8-9,15-17,36H,3-7,10H2,1-2H3,(H2,26,35)(H2,27,37)(H,31,34)(H,32,38)(H4,28,29,30)/t15-,16-,17-/m0/s1. The minimum absolute atomic E-state index is 0.0125. The van der Waals surface area contributed by atoms with E-state index in [1.54, 1.807) is 0 Å². The van der Waals surface area contributed by atoms with Crippen molar-refractivity contribution in [3.05, 3.63) is 29.3 Å². The van der Waals surface area contributed by atoms with Crippen molar-refractivity contribution in [3.63, 3.8) is 0 Å². The molecule has 0 fully saturated rings. The van der Waals surface area contributed by atoms with E-state index in [2.05, 4.69) is 15.6 Å². The summed E-state index contributed by atoms with van der Waals surface area (Å²) in [7, 11) is 1.27. The number of primary amides is 2. The summed E-state index contributed by atoms with van der Waals surface area (Å²) >= 11 is 0. The highest BCUT2D eigenvalue weighted by Gasteiger charge is 2.33. The number of likely N-dealkylation sites (N-methyl/N-ethyl adjacent to an activating group) is 1. The van der Waals surface area contributed by atoms with Gasteiger partial charge in [0.15, 0.2) is 23.3 Å². The lowest BCUT2D eigenvalue weighted by Gasteiger charge is -2.31. The van der Waals surface area contributed by atoms with E-state index in [4.69, 9.17) is 22.9 Å². The lowest BCUT2D eigenvalue weighted by Crippen LogP contribution is -2.57. The Balaban J connectivity index is 3.22. The molecule has 5 amide bonds. The number of halogens is 2. The number of carbonyl (C=O) groups excluding carboxylic acids is 5. The molecule has 0 bridgehead atoms. The molecule has 216 valence electrons. The molecule has 0 aromatic heterocycles. The number of phenolic OH excluding ortho intramolecular Hbond substituents is 1. The fourth-order valence-corrected chi connectivity index (χ4v) is 3.64. The largest absolute Gasteiger partial charge is 0.503 e. The van der Waals surface area contributed by atoms with Gasteiger partial charge in [-0.1, -0.05) is 0 Å². The lowest BCUT2D eigenvalue weighted by molar-refractivity contribution is -0.142. The Hall–Kier alpha value is -4.50. The molecule has 0 saturated heterocycles. The second-order valence-electron chi connectivity index (χ2n) is 8.75. The molecule has 1 rings (SSSR count). The van der Waals surface area contributed by atoms with E-state index in [0.29, 0.717) is 0 Å². The molecule has 0 aliphatic heterocycles. The maximum Gasteiger partial charge on any atom is 0.245 e. The van der Waals surface area contributed by atoms with Crippen LogP contribution in [0.2, 0.25) is 0 Å². The molecule has 0 radical (unpaired) electrons. The summed E-state index contributed by atoms with van der Waals surface area (Å²) < 4.78 is 27.5. The Labute approximate surface area is 223 Å². The van der Waals surface area contributed by atoms with Crippen LogP contribution in [-0.2, 0) is 30.4 Å². The number of carbonyl (C=O) groups is 5. The smallest absolute Gasteiger partial charge is 0.245 e. The molecule has 16 heteroatoms. The van der Waals surface area contributed by atoms with Crippen LogP contribution in [0.15, 0.2) is 17.1 Å². The predicted octanol–water partition coefficient (Wildman–Crippen LogP) is -2.17. The second-order valence-corrected chi connectivity index (χ2v) is 8.75. The zero-order chi connectivity index (χ0) is 29.9. The maximum atomic E-state index is 13.8. The third-order valence-electron chi connectivity index (χ3n) is 5.58. The van der Waals surface area contributed by atoms with Crippen molar-refractivity contribution in [2.45, 2.75) is 57.2 Å². The first-order valence-electron chi connectivity index (χ1n) is 11.8. The minimum atomic E-state index is -1.45. The molecular formula is C23H34F2N8O6. The molecule has 3 atom stereocenters. The highest BCUT2D eigenvalue weighted by molar-refractivity contribution is 5.94. The number of nitrogens with one attached hydrogen (secondary N) is 2. The fourth-order valence-electron chi connectivity index (χ4n) is 3.64. The van der Waals surface area contributed by atoms with Crippen LogP contribution in [0.4, 0.5) is 8.78 Å². The third-order valence-corrected chi connectivity index (χ3v) is 5.58. The molecule has 1 aromatic carbocycles. The van der Waals surface area contributed by atoms with Gasteiger partial charge in [0.1, 0.15) is 18.1 Å². The minimum Gasteiger partial charge on any atom is -0.503 e. The van der Waals surface area contributed by atoms with Crippen LogP contribution in [0.3, 0.4) is 0 Å². The highest BCUT2D eigenvalue weighted by atomic mass is 19.1. The van der Waals surface area contributed by atoms with Crippen molar-refractivity contribution in [1.29, 1.82) is 0 Å². The van der Waals surface area contributed by atoms with Crippen LogP contribution in [-0.4, -0.2) is 77.2 Å². The topological polar surface area (TPSA) is 249 Å². The Kier molecular flexibility index (Phi) is 12.5. The molecule has 14 nitrogen and oxygen atoms in total. The molecule has 0 saturated carbocycles. The van der Waals surface area contributed by atoms with Gasteiger partial charge in [0, 0.05) is 33.4 Å². The summed E-state index contributed by atoms with van der Waals surface area (Å²) in [6.45, 7) is 1.26. The van der Waals surface area contributed by atoms with E-state index in [9.17, 15) is 37.9 Å².